The highest BCUT2D eigenvalue weighted by atomic mass is 32.2. The summed E-state index contributed by atoms with van der Waals surface area (Å²) in [6.45, 7) is 1.45. The van der Waals surface area contributed by atoms with Gasteiger partial charge < -0.3 is 9.64 Å². The van der Waals surface area contributed by atoms with Gasteiger partial charge in [0.25, 0.3) is 0 Å². The standard InChI is InChI=1S/C17H18N2O4S/c20-14-18-10-12-19(13-11-18)24(21,22)17-8-6-16(7-9-17)23-15-4-2-1-3-5-15/h1-9,14H,10-13H2. The lowest BCUT2D eigenvalue weighted by Gasteiger charge is -2.31. The highest BCUT2D eigenvalue weighted by Crippen LogP contribution is 2.24. The first-order valence-electron chi connectivity index (χ1n) is 7.62. The van der Waals surface area contributed by atoms with Gasteiger partial charge in [-0.3, -0.25) is 4.79 Å². The summed E-state index contributed by atoms with van der Waals surface area (Å²) >= 11 is 0. The van der Waals surface area contributed by atoms with E-state index < -0.39 is 10.0 Å². The minimum Gasteiger partial charge on any atom is -0.457 e. The van der Waals surface area contributed by atoms with Crippen LogP contribution >= 0.6 is 0 Å². The topological polar surface area (TPSA) is 66.9 Å². The molecule has 1 saturated heterocycles. The van der Waals surface area contributed by atoms with Crippen molar-refractivity contribution in [2.24, 2.45) is 0 Å². The number of carbonyl (C=O) groups excluding carboxylic acids is 1. The quantitative estimate of drug-likeness (QED) is 0.776. The molecule has 126 valence electrons. The molecule has 6 nitrogen and oxygen atoms in total. The minimum absolute atomic E-state index is 0.225. The van der Waals surface area contributed by atoms with Crippen LogP contribution in [0.4, 0.5) is 0 Å². The van der Waals surface area contributed by atoms with Crippen molar-refractivity contribution in [2.45, 2.75) is 4.90 Å². The zero-order chi connectivity index (χ0) is 17.0. The number of nitrogens with zero attached hydrogens (tertiary/aromatic N) is 2. The van der Waals surface area contributed by atoms with Crippen LogP contribution in [0.5, 0.6) is 11.5 Å². The van der Waals surface area contributed by atoms with E-state index in [2.05, 4.69) is 0 Å². The molecule has 0 N–H and O–H groups in total. The number of amides is 1. The molecule has 0 bridgehead atoms. The molecule has 0 saturated carbocycles. The first kappa shape index (κ1) is 16.5. The van der Waals surface area contributed by atoms with E-state index in [1.54, 1.807) is 29.2 Å². The Kier molecular flexibility index (Phi) is 4.82. The average molecular weight is 346 g/mol. The maximum Gasteiger partial charge on any atom is 0.243 e. The Bertz CT molecular complexity index is 783. The summed E-state index contributed by atoms with van der Waals surface area (Å²) in [4.78, 5) is 12.5. The number of carbonyl (C=O) groups is 1. The number of hydrogen-bond acceptors (Lipinski definition) is 4. The molecular formula is C17H18N2O4S. The normalized spacial score (nSPS) is 15.9. The lowest BCUT2D eigenvalue weighted by atomic mass is 10.3. The Balaban J connectivity index is 1.71. The lowest BCUT2D eigenvalue weighted by molar-refractivity contribution is -0.119. The van der Waals surface area contributed by atoms with E-state index in [-0.39, 0.29) is 4.90 Å². The van der Waals surface area contributed by atoms with Crippen LogP contribution in [0, 0.1) is 0 Å². The smallest absolute Gasteiger partial charge is 0.243 e. The van der Waals surface area contributed by atoms with Gasteiger partial charge in [-0.15, -0.1) is 0 Å². The van der Waals surface area contributed by atoms with Crippen LogP contribution in [0.2, 0.25) is 0 Å². The van der Waals surface area contributed by atoms with Crippen molar-refractivity contribution in [1.29, 1.82) is 0 Å². The summed E-state index contributed by atoms with van der Waals surface area (Å²) in [7, 11) is -3.55. The maximum absolute atomic E-state index is 12.6. The third-order valence-corrected chi connectivity index (χ3v) is 5.78. The third-order valence-electron chi connectivity index (χ3n) is 3.86. The van der Waals surface area contributed by atoms with E-state index in [0.29, 0.717) is 37.7 Å². The molecule has 2 aromatic carbocycles. The fourth-order valence-corrected chi connectivity index (χ4v) is 3.92. The van der Waals surface area contributed by atoms with E-state index in [0.717, 1.165) is 6.41 Å². The molecule has 0 aliphatic carbocycles. The van der Waals surface area contributed by atoms with E-state index in [1.165, 1.54) is 4.31 Å². The molecule has 3 rings (SSSR count). The minimum atomic E-state index is -3.55. The predicted molar refractivity (Wildman–Crippen MR) is 89.4 cm³/mol. The predicted octanol–water partition coefficient (Wildman–Crippen LogP) is 1.94. The Morgan fingerprint density at radius 3 is 2.00 bits per heavy atom. The molecule has 0 unspecified atom stereocenters. The third kappa shape index (κ3) is 3.58. The first-order chi connectivity index (χ1) is 11.6. The van der Waals surface area contributed by atoms with Gasteiger partial charge >= 0.3 is 0 Å². The zero-order valence-corrected chi connectivity index (χ0v) is 13.9. The molecular weight excluding hydrogens is 328 g/mol. The fraction of sp³-hybridized carbons (Fsp3) is 0.235. The van der Waals surface area contributed by atoms with Crippen LogP contribution in [-0.2, 0) is 14.8 Å². The van der Waals surface area contributed by atoms with Crippen molar-refractivity contribution in [3.05, 3.63) is 54.6 Å². The Morgan fingerprint density at radius 2 is 1.42 bits per heavy atom. The van der Waals surface area contributed by atoms with Gasteiger partial charge in [0.2, 0.25) is 16.4 Å². The summed E-state index contributed by atoms with van der Waals surface area (Å²) < 4.78 is 32.3. The second kappa shape index (κ2) is 7.02. The number of rotatable bonds is 5. The first-order valence-corrected chi connectivity index (χ1v) is 9.06. The van der Waals surface area contributed by atoms with Gasteiger partial charge in [-0.2, -0.15) is 4.31 Å². The van der Waals surface area contributed by atoms with Crippen molar-refractivity contribution >= 4 is 16.4 Å². The van der Waals surface area contributed by atoms with Crippen LogP contribution in [0.15, 0.2) is 59.5 Å². The molecule has 2 aromatic rings. The fourth-order valence-electron chi connectivity index (χ4n) is 2.50. The van der Waals surface area contributed by atoms with Crippen LogP contribution in [0.1, 0.15) is 0 Å². The highest BCUT2D eigenvalue weighted by Gasteiger charge is 2.27. The van der Waals surface area contributed by atoms with Crippen molar-refractivity contribution < 1.29 is 17.9 Å². The summed E-state index contributed by atoms with van der Waals surface area (Å²) in [5.74, 6) is 1.27. The van der Waals surface area contributed by atoms with Gasteiger partial charge in [0, 0.05) is 26.2 Å². The number of para-hydroxylation sites is 1. The molecule has 7 heteroatoms. The molecule has 1 aliphatic rings. The van der Waals surface area contributed by atoms with E-state index >= 15 is 0 Å². The number of piperazine rings is 1. The van der Waals surface area contributed by atoms with E-state index in [9.17, 15) is 13.2 Å². The van der Waals surface area contributed by atoms with Crippen LogP contribution in [-0.4, -0.2) is 50.2 Å². The second-order valence-electron chi connectivity index (χ2n) is 5.43. The van der Waals surface area contributed by atoms with Crippen LogP contribution < -0.4 is 4.74 Å². The highest BCUT2D eigenvalue weighted by molar-refractivity contribution is 7.89. The van der Waals surface area contributed by atoms with Gasteiger partial charge in [0.15, 0.2) is 0 Å². The largest absolute Gasteiger partial charge is 0.457 e. The molecule has 1 aliphatic heterocycles. The van der Waals surface area contributed by atoms with Crippen molar-refractivity contribution in [3.63, 3.8) is 0 Å². The number of ether oxygens (including phenoxy) is 1. The summed E-state index contributed by atoms with van der Waals surface area (Å²) in [5, 5.41) is 0. The number of sulfonamides is 1. The number of hydrogen-bond donors (Lipinski definition) is 0. The lowest BCUT2D eigenvalue weighted by Crippen LogP contribution is -2.47. The molecule has 1 heterocycles. The molecule has 1 amide bonds. The summed E-state index contributed by atoms with van der Waals surface area (Å²) in [6, 6.07) is 15.7. The average Bonchev–Trinajstić information content (AvgIpc) is 2.63. The van der Waals surface area contributed by atoms with Crippen molar-refractivity contribution in [1.82, 2.24) is 9.21 Å². The van der Waals surface area contributed by atoms with Crippen molar-refractivity contribution in [2.75, 3.05) is 26.2 Å². The van der Waals surface area contributed by atoms with Gasteiger partial charge in [-0.25, -0.2) is 8.42 Å². The molecule has 0 aromatic heterocycles. The Morgan fingerprint density at radius 1 is 0.833 bits per heavy atom. The van der Waals surface area contributed by atoms with Gasteiger partial charge in [-0.05, 0) is 36.4 Å². The van der Waals surface area contributed by atoms with Gasteiger partial charge in [-0.1, -0.05) is 18.2 Å². The molecule has 0 radical (unpaired) electrons. The molecule has 1 fully saturated rings. The van der Waals surface area contributed by atoms with Gasteiger partial charge in [0.1, 0.15) is 11.5 Å². The summed E-state index contributed by atoms with van der Waals surface area (Å²) in [6.07, 6.45) is 0.750. The van der Waals surface area contributed by atoms with E-state index in [4.69, 9.17) is 4.74 Å². The van der Waals surface area contributed by atoms with Crippen LogP contribution in [0.25, 0.3) is 0 Å². The summed E-state index contributed by atoms with van der Waals surface area (Å²) in [5.41, 5.74) is 0. The van der Waals surface area contributed by atoms with Gasteiger partial charge in [0.05, 0.1) is 4.90 Å². The molecule has 0 spiro atoms. The second-order valence-corrected chi connectivity index (χ2v) is 7.37. The Hall–Kier alpha value is -2.38. The monoisotopic (exact) mass is 346 g/mol. The number of benzene rings is 2. The molecule has 0 atom stereocenters. The van der Waals surface area contributed by atoms with Crippen LogP contribution in [0.3, 0.4) is 0 Å². The Labute approximate surface area is 141 Å². The SMILES string of the molecule is O=CN1CCN(S(=O)(=O)c2ccc(Oc3ccccc3)cc2)CC1. The maximum atomic E-state index is 12.6. The molecule has 24 heavy (non-hydrogen) atoms. The zero-order valence-electron chi connectivity index (χ0n) is 13.0. The van der Waals surface area contributed by atoms with Crippen molar-refractivity contribution in [3.8, 4) is 11.5 Å². The van der Waals surface area contributed by atoms with E-state index in [1.807, 2.05) is 30.3 Å².